The third-order valence-electron chi connectivity index (χ3n) is 1.36. The highest BCUT2D eigenvalue weighted by Gasteiger charge is 2.12. The summed E-state index contributed by atoms with van der Waals surface area (Å²) in [6, 6.07) is 0. The lowest BCUT2D eigenvalue weighted by atomic mass is 10.2. The van der Waals surface area contributed by atoms with E-state index in [4.69, 9.17) is 4.74 Å². The molecule has 0 aliphatic carbocycles. The normalized spacial score (nSPS) is 12.2. The lowest BCUT2D eigenvalue weighted by Crippen LogP contribution is -2.20. The van der Waals surface area contributed by atoms with Gasteiger partial charge in [0, 0.05) is 10.7 Å². The molecule has 0 saturated heterocycles. The molecule has 1 unspecified atom stereocenters. The van der Waals surface area contributed by atoms with Crippen LogP contribution in [0.3, 0.4) is 0 Å². The van der Waals surface area contributed by atoms with Gasteiger partial charge in [-0.15, -0.1) is 0 Å². The molecule has 1 atom stereocenters. The molecule has 3 nitrogen and oxygen atoms in total. The Labute approximate surface area is 95.4 Å². The van der Waals surface area contributed by atoms with E-state index in [-0.39, 0.29) is 6.10 Å². The Bertz CT molecular complexity index is 141. The first-order valence-corrected chi connectivity index (χ1v) is 6.44. The Morgan fingerprint density at radius 2 is 2.15 bits per heavy atom. The lowest BCUT2D eigenvalue weighted by molar-refractivity contribution is 0.0315. The van der Waals surface area contributed by atoms with Crippen LogP contribution >= 0.6 is 31.9 Å². The van der Waals surface area contributed by atoms with E-state index in [1.165, 1.54) is 0 Å². The molecule has 0 aromatic rings. The minimum atomic E-state index is -0.582. The molecule has 0 aliphatic rings. The number of ether oxygens (including phenoxy) is 2. The molecule has 0 aliphatic heterocycles. The van der Waals surface area contributed by atoms with Crippen molar-refractivity contribution in [3.05, 3.63) is 0 Å². The summed E-state index contributed by atoms with van der Waals surface area (Å²) in [5.41, 5.74) is 0. The van der Waals surface area contributed by atoms with Gasteiger partial charge in [0.25, 0.3) is 0 Å². The summed E-state index contributed by atoms with van der Waals surface area (Å²) in [5.74, 6) is 0. The first-order valence-electron chi connectivity index (χ1n) is 4.19. The average Bonchev–Trinajstić information content (AvgIpc) is 2.12. The molecule has 0 aromatic carbocycles. The van der Waals surface area contributed by atoms with Crippen LogP contribution in [0.1, 0.15) is 19.8 Å². The third-order valence-corrected chi connectivity index (χ3v) is 2.64. The molecule has 0 radical (unpaired) electrons. The molecule has 0 saturated carbocycles. The molecule has 0 bridgehead atoms. The topological polar surface area (TPSA) is 35.5 Å². The fourth-order valence-electron chi connectivity index (χ4n) is 0.760. The van der Waals surface area contributed by atoms with E-state index in [1.54, 1.807) is 6.92 Å². The first kappa shape index (κ1) is 13.2. The predicted molar refractivity (Wildman–Crippen MR) is 58.7 cm³/mol. The standard InChI is InChI=1S/C8H14Br2O3/c1-2-12-8(11)13-7(6-10)4-3-5-9/h7H,2-6H2,1H3. The van der Waals surface area contributed by atoms with Gasteiger partial charge in [-0.05, 0) is 19.8 Å². The van der Waals surface area contributed by atoms with Crippen molar-refractivity contribution in [2.24, 2.45) is 0 Å². The number of hydrogen-bond acceptors (Lipinski definition) is 3. The highest BCUT2D eigenvalue weighted by Crippen LogP contribution is 2.08. The van der Waals surface area contributed by atoms with Crippen molar-refractivity contribution in [2.75, 3.05) is 17.3 Å². The van der Waals surface area contributed by atoms with Crippen LogP contribution in [0.15, 0.2) is 0 Å². The number of alkyl halides is 2. The third kappa shape index (κ3) is 7.31. The minimum Gasteiger partial charge on any atom is -0.435 e. The van der Waals surface area contributed by atoms with Gasteiger partial charge in [0.1, 0.15) is 6.10 Å². The van der Waals surface area contributed by atoms with Gasteiger partial charge in [-0.25, -0.2) is 4.79 Å². The number of carbonyl (C=O) groups is 1. The molecule has 13 heavy (non-hydrogen) atoms. The van der Waals surface area contributed by atoms with E-state index in [9.17, 15) is 4.79 Å². The van der Waals surface area contributed by atoms with E-state index < -0.39 is 6.16 Å². The molecule has 0 heterocycles. The highest BCUT2D eigenvalue weighted by molar-refractivity contribution is 9.09. The Balaban J connectivity index is 3.62. The zero-order valence-electron chi connectivity index (χ0n) is 7.59. The number of carbonyl (C=O) groups excluding carboxylic acids is 1. The van der Waals surface area contributed by atoms with Gasteiger partial charge in [-0.3, -0.25) is 0 Å². The molecule has 0 rings (SSSR count). The van der Waals surface area contributed by atoms with E-state index in [0.29, 0.717) is 11.9 Å². The van der Waals surface area contributed by atoms with E-state index in [1.807, 2.05) is 0 Å². The van der Waals surface area contributed by atoms with Crippen molar-refractivity contribution in [1.29, 1.82) is 0 Å². The highest BCUT2D eigenvalue weighted by atomic mass is 79.9. The van der Waals surface area contributed by atoms with Crippen molar-refractivity contribution in [3.8, 4) is 0 Å². The zero-order chi connectivity index (χ0) is 10.1. The molecule has 0 N–H and O–H groups in total. The summed E-state index contributed by atoms with van der Waals surface area (Å²) < 4.78 is 9.67. The van der Waals surface area contributed by atoms with Crippen molar-refractivity contribution in [2.45, 2.75) is 25.9 Å². The quantitative estimate of drug-likeness (QED) is 0.558. The van der Waals surface area contributed by atoms with Crippen molar-refractivity contribution in [3.63, 3.8) is 0 Å². The smallest absolute Gasteiger partial charge is 0.435 e. The molecule has 0 fully saturated rings. The second kappa shape index (κ2) is 8.81. The summed E-state index contributed by atoms with van der Waals surface area (Å²) in [6.45, 7) is 2.11. The van der Waals surface area contributed by atoms with Gasteiger partial charge in [-0.1, -0.05) is 31.9 Å². The van der Waals surface area contributed by atoms with Crippen molar-refractivity contribution >= 4 is 38.0 Å². The maximum atomic E-state index is 10.9. The summed E-state index contributed by atoms with van der Waals surface area (Å²) >= 11 is 6.59. The van der Waals surface area contributed by atoms with Crippen LogP contribution < -0.4 is 0 Å². The number of hydrogen-bond donors (Lipinski definition) is 0. The summed E-state index contributed by atoms with van der Waals surface area (Å²) in [6.07, 6.45) is 1.16. The summed E-state index contributed by atoms with van der Waals surface area (Å²) in [5, 5.41) is 1.57. The molecule has 5 heteroatoms. The Kier molecular flexibility index (Phi) is 8.97. The van der Waals surface area contributed by atoms with Gasteiger partial charge in [0.05, 0.1) is 6.61 Å². The molecule has 0 amide bonds. The van der Waals surface area contributed by atoms with Crippen molar-refractivity contribution in [1.82, 2.24) is 0 Å². The van der Waals surface area contributed by atoms with Gasteiger partial charge < -0.3 is 9.47 Å². The van der Waals surface area contributed by atoms with Gasteiger partial charge in [0.15, 0.2) is 0 Å². The maximum Gasteiger partial charge on any atom is 0.508 e. The second-order valence-corrected chi connectivity index (χ2v) is 3.85. The van der Waals surface area contributed by atoms with E-state index in [2.05, 4.69) is 36.6 Å². The Morgan fingerprint density at radius 3 is 2.62 bits per heavy atom. The Morgan fingerprint density at radius 1 is 1.46 bits per heavy atom. The van der Waals surface area contributed by atoms with Crippen LogP contribution in [-0.4, -0.2) is 29.5 Å². The predicted octanol–water partition coefficient (Wildman–Crippen LogP) is 3.10. The molecule has 78 valence electrons. The number of halogens is 2. The average molecular weight is 318 g/mol. The van der Waals surface area contributed by atoms with Crippen LogP contribution in [0.25, 0.3) is 0 Å². The van der Waals surface area contributed by atoms with Crippen LogP contribution in [0.5, 0.6) is 0 Å². The van der Waals surface area contributed by atoms with Gasteiger partial charge >= 0.3 is 6.16 Å². The van der Waals surface area contributed by atoms with Gasteiger partial charge in [0.2, 0.25) is 0 Å². The van der Waals surface area contributed by atoms with Gasteiger partial charge in [-0.2, -0.15) is 0 Å². The SMILES string of the molecule is CCOC(=O)OC(CBr)CCCBr. The monoisotopic (exact) mass is 316 g/mol. The fourth-order valence-corrected chi connectivity index (χ4v) is 1.54. The second-order valence-electron chi connectivity index (χ2n) is 2.41. The largest absolute Gasteiger partial charge is 0.508 e. The van der Waals surface area contributed by atoms with Crippen LogP contribution in [0, 0.1) is 0 Å². The molecule has 0 aromatic heterocycles. The fraction of sp³-hybridized carbons (Fsp3) is 0.875. The lowest BCUT2D eigenvalue weighted by Gasteiger charge is -2.13. The van der Waals surface area contributed by atoms with Crippen LogP contribution in [-0.2, 0) is 9.47 Å². The van der Waals surface area contributed by atoms with E-state index in [0.717, 1.165) is 18.2 Å². The summed E-state index contributed by atoms with van der Waals surface area (Å²) in [4.78, 5) is 10.9. The van der Waals surface area contributed by atoms with E-state index >= 15 is 0 Å². The minimum absolute atomic E-state index is 0.0865. The molecular weight excluding hydrogens is 304 g/mol. The van der Waals surface area contributed by atoms with Crippen LogP contribution in [0.4, 0.5) is 4.79 Å². The Hall–Kier alpha value is 0.230. The summed E-state index contributed by atoms with van der Waals surface area (Å²) in [7, 11) is 0. The zero-order valence-corrected chi connectivity index (χ0v) is 10.8. The molecule has 0 spiro atoms. The molecular formula is C8H14Br2O3. The van der Waals surface area contributed by atoms with Crippen molar-refractivity contribution < 1.29 is 14.3 Å². The van der Waals surface area contributed by atoms with Crippen LogP contribution in [0.2, 0.25) is 0 Å². The maximum absolute atomic E-state index is 10.9. The first-order chi connectivity index (χ1) is 6.24. The number of rotatable bonds is 6.